The highest BCUT2D eigenvalue weighted by Crippen LogP contribution is 2.23. The first kappa shape index (κ1) is 18.0. The van der Waals surface area contributed by atoms with Gasteiger partial charge >= 0.3 is 12.0 Å². The zero-order chi connectivity index (χ0) is 18.8. The van der Waals surface area contributed by atoms with Crippen LogP contribution >= 0.6 is 22.6 Å². The normalized spacial score (nSPS) is 15.5. The van der Waals surface area contributed by atoms with Crippen molar-refractivity contribution in [2.75, 3.05) is 7.11 Å². The molecule has 1 aromatic heterocycles. The zero-order valence-corrected chi connectivity index (χ0v) is 15.6. The molecule has 1 aliphatic heterocycles. The number of furan rings is 1. The largest absolute Gasteiger partial charge is 0.507 e. The SMILES string of the molecule is COC(=O)c1ccc(CN2C(=O)N/C(=C\c3ccc(O)c(I)c3)C2=O)o1. The molecule has 9 heteroatoms. The third kappa shape index (κ3) is 3.57. The van der Waals surface area contributed by atoms with Gasteiger partial charge in [-0.3, -0.25) is 9.69 Å². The number of hydrogen-bond acceptors (Lipinski definition) is 6. The number of methoxy groups -OCH3 is 1. The van der Waals surface area contributed by atoms with Gasteiger partial charge in [-0.15, -0.1) is 0 Å². The molecular formula is C17H13IN2O6. The molecule has 8 nitrogen and oxygen atoms in total. The minimum absolute atomic E-state index is 0.0102. The molecule has 134 valence electrons. The van der Waals surface area contributed by atoms with Crippen molar-refractivity contribution in [2.45, 2.75) is 6.54 Å². The molecule has 1 fully saturated rings. The van der Waals surface area contributed by atoms with Crippen molar-refractivity contribution in [1.29, 1.82) is 0 Å². The van der Waals surface area contributed by atoms with Gasteiger partial charge in [0.05, 0.1) is 17.2 Å². The molecule has 1 aromatic carbocycles. The number of ether oxygens (including phenoxy) is 1. The number of halogens is 1. The number of carbonyl (C=O) groups excluding carboxylic acids is 3. The number of nitrogens with one attached hydrogen (secondary N) is 1. The molecule has 0 spiro atoms. The van der Waals surface area contributed by atoms with Crippen molar-refractivity contribution in [1.82, 2.24) is 10.2 Å². The molecule has 3 amide bonds. The van der Waals surface area contributed by atoms with E-state index < -0.39 is 17.9 Å². The molecule has 0 bridgehead atoms. The summed E-state index contributed by atoms with van der Waals surface area (Å²) in [6.07, 6.45) is 1.52. The van der Waals surface area contributed by atoms with Crippen LogP contribution in [0.5, 0.6) is 5.75 Å². The van der Waals surface area contributed by atoms with Crippen molar-refractivity contribution in [3.8, 4) is 5.75 Å². The molecule has 0 aliphatic carbocycles. The van der Waals surface area contributed by atoms with Crippen LogP contribution in [0.15, 0.2) is 40.4 Å². The lowest BCUT2D eigenvalue weighted by Gasteiger charge is -2.09. The van der Waals surface area contributed by atoms with Crippen molar-refractivity contribution >= 4 is 46.6 Å². The van der Waals surface area contributed by atoms with Gasteiger partial charge in [-0.25, -0.2) is 9.59 Å². The molecule has 0 atom stereocenters. The summed E-state index contributed by atoms with van der Waals surface area (Å²) < 4.78 is 10.4. The third-order valence-corrected chi connectivity index (χ3v) is 4.47. The highest BCUT2D eigenvalue weighted by Gasteiger charge is 2.34. The van der Waals surface area contributed by atoms with Crippen LogP contribution in [0.1, 0.15) is 21.9 Å². The number of amides is 3. The first-order valence-corrected chi connectivity index (χ1v) is 8.47. The molecule has 1 aliphatic rings. The van der Waals surface area contributed by atoms with Crippen molar-refractivity contribution in [3.05, 3.63) is 56.7 Å². The Kier molecular flexibility index (Phi) is 4.98. The maximum atomic E-state index is 12.5. The number of hydrogen-bond donors (Lipinski definition) is 2. The van der Waals surface area contributed by atoms with E-state index in [0.717, 1.165) is 4.90 Å². The molecule has 3 rings (SSSR count). The van der Waals surface area contributed by atoms with Gasteiger partial charge in [0.1, 0.15) is 17.2 Å². The first-order chi connectivity index (χ1) is 12.4. The monoisotopic (exact) mass is 468 g/mol. The van der Waals surface area contributed by atoms with Crippen LogP contribution in [0.3, 0.4) is 0 Å². The molecular weight excluding hydrogens is 455 g/mol. The molecule has 0 saturated carbocycles. The number of urea groups is 1. The van der Waals surface area contributed by atoms with E-state index in [4.69, 9.17) is 4.42 Å². The summed E-state index contributed by atoms with van der Waals surface area (Å²) in [5.41, 5.74) is 0.764. The smallest absolute Gasteiger partial charge is 0.373 e. The topological polar surface area (TPSA) is 109 Å². The van der Waals surface area contributed by atoms with Crippen molar-refractivity contribution < 1.29 is 28.6 Å². The Morgan fingerprint density at radius 1 is 1.35 bits per heavy atom. The second-order valence-corrected chi connectivity index (χ2v) is 6.51. The summed E-state index contributed by atoms with van der Waals surface area (Å²) >= 11 is 1.96. The summed E-state index contributed by atoms with van der Waals surface area (Å²) in [6.45, 7) is -0.119. The number of carbonyl (C=O) groups is 3. The molecule has 2 aromatic rings. The highest BCUT2D eigenvalue weighted by atomic mass is 127. The number of esters is 1. The van der Waals surface area contributed by atoms with Crippen LogP contribution < -0.4 is 5.32 Å². The summed E-state index contributed by atoms with van der Waals surface area (Å²) in [7, 11) is 1.23. The number of phenols is 1. The van der Waals surface area contributed by atoms with Crippen LogP contribution in [-0.4, -0.2) is 35.0 Å². The predicted octanol–water partition coefficient (Wildman–Crippen LogP) is 2.47. The Labute approximate surface area is 161 Å². The van der Waals surface area contributed by atoms with E-state index in [1.807, 2.05) is 22.6 Å². The Hall–Kier alpha value is -2.82. The third-order valence-electron chi connectivity index (χ3n) is 3.61. The Morgan fingerprint density at radius 2 is 2.12 bits per heavy atom. The highest BCUT2D eigenvalue weighted by molar-refractivity contribution is 14.1. The number of phenolic OH excluding ortho intramolecular Hbond substituents is 1. The number of nitrogens with zero attached hydrogens (tertiary/aromatic N) is 1. The van der Waals surface area contributed by atoms with Crippen LogP contribution in [0.25, 0.3) is 6.08 Å². The molecule has 0 unspecified atom stereocenters. The average Bonchev–Trinajstić information content (AvgIpc) is 3.18. The average molecular weight is 468 g/mol. The number of rotatable bonds is 4. The van der Waals surface area contributed by atoms with Crippen molar-refractivity contribution in [3.63, 3.8) is 0 Å². The van der Waals surface area contributed by atoms with E-state index >= 15 is 0 Å². The van der Waals surface area contributed by atoms with E-state index in [0.29, 0.717) is 9.13 Å². The second-order valence-electron chi connectivity index (χ2n) is 5.35. The Balaban J connectivity index is 1.78. The fourth-order valence-electron chi connectivity index (χ4n) is 2.32. The Bertz CT molecular complexity index is 933. The van der Waals surface area contributed by atoms with Crippen LogP contribution in [0, 0.1) is 3.57 Å². The number of benzene rings is 1. The maximum Gasteiger partial charge on any atom is 0.373 e. The Morgan fingerprint density at radius 3 is 2.81 bits per heavy atom. The summed E-state index contributed by atoms with van der Waals surface area (Å²) in [5.74, 6) is -0.765. The van der Waals surface area contributed by atoms with Gasteiger partial charge in [-0.05, 0) is 58.5 Å². The molecule has 2 N–H and O–H groups in total. The summed E-state index contributed by atoms with van der Waals surface area (Å²) in [5, 5.41) is 12.0. The van der Waals surface area contributed by atoms with Gasteiger partial charge in [0, 0.05) is 0 Å². The lowest BCUT2D eigenvalue weighted by molar-refractivity contribution is -0.123. The fraction of sp³-hybridized carbons (Fsp3) is 0.118. The van der Waals surface area contributed by atoms with E-state index in [1.165, 1.54) is 31.4 Å². The van der Waals surface area contributed by atoms with Crippen molar-refractivity contribution in [2.24, 2.45) is 0 Å². The lowest BCUT2D eigenvalue weighted by atomic mass is 10.2. The maximum absolute atomic E-state index is 12.5. The molecule has 2 heterocycles. The van der Waals surface area contributed by atoms with Gasteiger partial charge in [-0.1, -0.05) is 6.07 Å². The first-order valence-electron chi connectivity index (χ1n) is 7.39. The van der Waals surface area contributed by atoms with Crippen LogP contribution in [0.2, 0.25) is 0 Å². The van der Waals surface area contributed by atoms with E-state index in [2.05, 4.69) is 10.1 Å². The van der Waals surface area contributed by atoms with E-state index in [1.54, 1.807) is 12.1 Å². The molecule has 26 heavy (non-hydrogen) atoms. The fourth-order valence-corrected chi connectivity index (χ4v) is 2.86. The van der Waals surface area contributed by atoms with Gasteiger partial charge in [-0.2, -0.15) is 0 Å². The summed E-state index contributed by atoms with van der Waals surface area (Å²) in [6, 6.07) is 7.13. The van der Waals surface area contributed by atoms with Gasteiger partial charge < -0.3 is 19.6 Å². The quantitative estimate of drug-likeness (QED) is 0.309. The van der Waals surface area contributed by atoms with E-state index in [-0.39, 0.29) is 29.5 Å². The summed E-state index contributed by atoms with van der Waals surface area (Å²) in [4.78, 5) is 36.9. The van der Waals surface area contributed by atoms with Gasteiger partial charge in [0.25, 0.3) is 5.91 Å². The minimum Gasteiger partial charge on any atom is -0.507 e. The van der Waals surface area contributed by atoms with E-state index in [9.17, 15) is 19.5 Å². The lowest BCUT2D eigenvalue weighted by Crippen LogP contribution is -2.30. The predicted molar refractivity (Wildman–Crippen MR) is 97.9 cm³/mol. The van der Waals surface area contributed by atoms with Gasteiger partial charge in [0.2, 0.25) is 5.76 Å². The number of aromatic hydroxyl groups is 1. The number of imide groups is 1. The minimum atomic E-state index is -0.643. The molecule has 1 saturated heterocycles. The molecule has 0 radical (unpaired) electrons. The second kappa shape index (κ2) is 7.20. The standard InChI is InChI=1S/C17H13IN2O6/c1-25-16(23)14-5-3-10(26-14)8-20-15(22)12(19-17(20)24)7-9-2-4-13(21)11(18)6-9/h2-7,21H,8H2,1H3,(H,19,24)/b12-7-. The van der Waals surface area contributed by atoms with Crippen LogP contribution in [-0.2, 0) is 16.1 Å². The van der Waals surface area contributed by atoms with Crippen LogP contribution in [0.4, 0.5) is 4.79 Å². The van der Waals surface area contributed by atoms with Gasteiger partial charge in [0.15, 0.2) is 0 Å². The zero-order valence-electron chi connectivity index (χ0n) is 13.5.